The molecule has 1 rings (SSSR count). The van der Waals surface area contributed by atoms with Crippen LogP contribution in [0.2, 0.25) is 0 Å². The van der Waals surface area contributed by atoms with E-state index in [1.54, 1.807) is 0 Å². The molecule has 1 aliphatic rings. The number of halogens is 11. The van der Waals surface area contributed by atoms with Gasteiger partial charge in [0.25, 0.3) is 0 Å². The lowest BCUT2D eigenvalue weighted by molar-refractivity contribution is -0.429. The van der Waals surface area contributed by atoms with Crippen molar-refractivity contribution in [2.45, 2.75) is 56.7 Å². The maximum Gasteiger partial charge on any atom is 0.438 e. The summed E-state index contributed by atoms with van der Waals surface area (Å²) in [6.07, 6.45) is -16.6. The van der Waals surface area contributed by atoms with E-state index in [1.165, 1.54) is 13.8 Å². The predicted octanol–water partition coefficient (Wildman–Crippen LogP) is 4.73. The van der Waals surface area contributed by atoms with Gasteiger partial charge in [-0.3, -0.25) is 4.79 Å². The summed E-state index contributed by atoms with van der Waals surface area (Å²) in [5.41, 5.74) is -7.67. The molecule has 2 atom stereocenters. The van der Waals surface area contributed by atoms with Gasteiger partial charge in [-0.05, 0) is 12.8 Å². The Morgan fingerprint density at radius 3 is 1.69 bits per heavy atom. The van der Waals surface area contributed by atoms with E-state index >= 15 is 0 Å². The van der Waals surface area contributed by atoms with Crippen LogP contribution in [-0.4, -0.2) is 59.4 Å². The molecule has 15 heteroatoms. The van der Waals surface area contributed by atoms with Crippen molar-refractivity contribution in [2.75, 3.05) is 6.61 Å². The largest absolute Gasteiger partial charge is 0.447 e. The standard InChI is InChI=1S/C14H14F11NO3/c1-5(2)7-4-29-9(28)26(7)8(27)6(3)10(15,16)12(18,19)11(17,13(20,21)22)14(23,24)25/h5-7H,4H2,1-3H3/t6-,7+/m0/s1. The zero-order valence-electron chi connectivity index (χ0n) is 14.8. The number of cyclic esters (lactones) is 1. The van der Waals surface area contributed by atoms with Gasteiger partial charge in [0.05, 0.1) is 6.04 Å². The summed E-state index contributed by atoms with van der Waals surface area (Å²) < 4.78 is 149. The summed E-state index contributed by atoms with van der Waals surface area (Å²) in [5, 5.41) is 0. The number of hydrogen-bond donors (Lipinski definition) is 0. The molecular formula is C14H14F11NO3. The Hall–Kier alpha value is -1.83. The molecule has 1 heterocycles. The van der Waals surface area contributed by atoms with Gasteiger partial charge in [-0.1, -0.05) is 13.8 Å². The molecular weight excluding hydrogens is 439 g/mol. The zero-order valence-corrected chi connectivity index (χ0v) is 14.8. The molecule has 1 fully saturated rings. The van der Waals surface area contributed by atoms with Crippen molar-refractivity contribution in [1.82, 2.24) is 4.90 Å². The van der Waals surface area contributed by atoms with Gasteiger partial charge in [0.1, 0.15) is 12.5 Å². The summed E-state index contributed by atoms with van der Waals surface area (Å²) in [6, 6.07) is -1.30. The minimum Gasteiger partial charge on any atom is -0.447 e. The van der Waals surface area contributed by atoms with E-state index in [-0.39, 0.29) is 11.8 Å². The minimum absolute atomic E-state index is 0.111. The van der Waals surface area contributed by atoms with Crippen LogP contribution in [0, 0.1) is 11.8 Å². The Bertz CT molecular complexity index is 642. The van der Waals surface area contributed by atoms with Crippen LogP contribution in [0.4, 0.5) is 53.1 Å². The van der Waals surface area contributed by atoms with Crippen molar-refractivity contribution >= 4 is 12.0 Å². The molecule has 170 valence electrons. The molecule has 0 saturated carbocycles. The first kappa shape index (κ1) is 25.2. The number of nitrogens with zero attached hydrogens (tertiary/aromatic N) is 1. The summed E-state index contributed by atoms with van der Waals surface area (Å²) in [7, 11) is 0. The van der Waals surface area contributed by atoms with E-state index < -0.39 is 66.4 Å². The smallest absolute Gasteiger partial charge is 0.438 e. The molecule has 29 heavy (non-hydrogen) atoms. The highest BCUT2D eigenvalue weighted by atomic mass is 19.4. The van der Waals surface area contributed by atoms with Crippen LogP contribution in [0.5, 0.6) is 0 Å². The van der Waals surface area contributed by atoms with Crippen LogP contribution in [0.15, 0.2) is 0 Å². The molecule has 1 saturated heterocycles. The molecule has 2 amide bonds. The number of hydrogen-bond acceptors (Lipinski definition) is 3. The number of ether oxygens (including phenoxy) is 1. The summed E-state index contributed by atoms with van der Waals surface area (Å²) in [6.45, 7) is 1.95. The van der Waals surface area contributed by atoms with Gasteiger partial charge in [0.2, 0.25) is 5.91 Å². The SMILES string of the molecule is CC(C)[C@H]1COC(=O)N1C(=O)[C@H](C)C(F)(F)C(F)(F)C(F)(C(F)(F)F)C(F)(F)F. The van der Waals surface area contributed by atoms with Crippen LogP contribution in [0.1, 0.15) is 20.8 Å². The third kappa shape index (κ3) is 3.60. The molecule has 0 radical (unpaired) electrons. The fraction of sp³-hybridized carbons (Fsp3) is 0.857. The molecule has 4 nitrogen and oxygen atoms in total. The van der Waals surface area contributed by atoms with Gasteiger partial charge in [0, 0.05) is 0 Å². The quantitative estimate of drug-likeness (QED) is 0.566. The topological polar surface area (TPSA) is 46.6 Å². The number of rotatable bonds is 5. The van der Waals surface area contributed by atoms with Crippen LogP contribution in [0.3, 0.4) is 0 Å². The lowest BCUT2D eigenvalue weighted by Gasteiger charge is -2.41. The van der Waals surface area contributed by atoms with Crippen molar-refractivity contribution in [3.63, 3.8) is 0 Å². The molecule has 0 aromatic rings. The van der Waals surface area contributed by atoms with E-state index in [9.17, 15) is 57.9 Å². The van der Waals surface area contributed by atoms with Crippen LogP contribution in [0.25, 0.3) is 0 Å². The maximum absolute atomic E-state index is 14.1. The fourth-order valence-corrected chi connectivity index (χ4v) is 2.56. The Labute approximate surface area is 155 Å². The first-order valence-corrected chi connectivity index (χ1v) is 7.74. The number of amides is 2. The van der Waals surface area contributed by atoms with Gasteiger partial charge in [0.15, 0.2) is 0 Å². The van der Waals surface area contributed by atoms with E-state index in [4.69, 9.17) is 0 Å². The molecule has 0 aromatic heterocycles. The van der Waals surface area contributed by atoms with Crippen molar-refractivity contribution < 1.29 is 62.6 Å². The van der Waals surface area contributed by atoms with Crippen molar-refractivity contribution in [2.24, 2.45) is 11.8 Å². The van der Waals surface area contributed by atoms with Crippen LogP contribution < -0.4 is 0 Å². The van der Waals surface area contributed by atoms with Crippen LogP contribution in [-0.2, 0) is 9.53 Å². The molecule has 0 aromatic carbocycles. The predicted molar refractivity (Wildman–Crippen MR) is 71.8 cm³/mol. The first-order chi connectivity index (χ1) is 12.7. The average Bonchev–Trinajstić information content (AvgIpc) is 2.91. The number of alkyl halides is 11. The van der Waals surface area contributed by atoms with E-state index in [1.807, 2.05) is 0 Å². The third-order valence-electron chi connectivity index (χ3n) is 4.46. The van der Waals surface area contributed by atoms with E-state index in [0.29, 0.717) is 0 Å². The van der Waals surface area contributed by atoms with E-state index in [0.717, 1.165) is 0 Å². The highest BCUT2D eigenvalue weighted by molar-refractivity contribution is 5.95. The summed E-state index contributed by atoms with van der Waals surface area (Å²) in [4.78, 5) is 23.5. The molecule has 0 unspecified atom stereocenters. The average molecular weight is 453 g/mol. The normalized spacial score (nSPS) is 20.9. The Morgan fingerprint density at radius 2 is 1.34 bits per heavy atom. The monoisotopic (exact) mass is 453 g/mol. The van der Waals surface area contributed by atoms with Crippen molar-refractivity contribution in [1.29, 1.82) is 0 Å². The van der Waals surface area contributed by atoms with Gasteiger partial charge in [-0.2, -0.15) is 43.9 Å². The van der Waals surface area contributed by atoms with E-state index in [2.05, 4.69) is 4.74 Å². The van der Waals surface area contributed by atoms with Gasteiger partial charge in [-0.25, -0.2) is 14.1 Å². The van der Waals surface area contributed by atoms with Gasteiger partial charge < -0.3 is 4.74 Å². The maximum atomic E-state index is 14.1. The second-order valence-electron chi connectivity index (χ2n) is 6.67. The number of carbonyl (C=O) groups excluding carboxylic acids is 2. The third-order valence-corrected chi connectivity index (χ3v) is 4.46. The Morgan fingerprint density at radius 1 is 0.931 bits per heavy atom. The molecule has 0 spiro atoms. The lowest BCUT2D eigenvalue weighted by atomic mass is 9.84. The van der Waals surface area contributed by atoms with Gasteiger partial charge >= 0.3 is 36.0 Å². The fourth-order valence-electron chi connectivity index (χ4n) is 2.56. The first-order valence-electron chi connectivity index (χ1n) is 7.74. The second kappa shape index (κ2) is 7.15. The summed E-state index contributed by atoms with van der Waals surface area (Å²) in [5.74, 6) is -20.6. The minimum atomic E-state index is -7.67. The van der Waals surface area contributed by atoms with Crippen LogP contribution >= 0.6 is 0 Å². The lowest BCUT2D eigenvalue weighted by Crippen LogP contribution is -2.72. The summed E-state index contributed by atoms with van der Waals surface area (Å²) >= 11 is 0. The Kier molecular flexibility index (Phi) is 6.21. The number of carbonyl (C=O) groups is 2. The highest BCUT2D eigenvalue weighted by Crippen LogP contribution is 2.60. The Balaban J connectivity index is 3.47. The zero-order chi connectivity index (χ0) is 23.4. The highest BCUT2D eigenvalue weighted by Gasteiger charge is 2.90. The molecule has 0 aliphatic carbocycles. The molecule has 1 aliphatic heterocycles. The van der Waals surface area contributed by atoms with Gasteiger partial charge in [-0.15, -0.1) is 0 Å². The molecule has 0 N–H and O–H groups in total. The van der Waals surface area contributed by atoms with Crippen molar-refractivity contribution in [3.05, 3.63) is 0 Å². The molecule has 0 bridgehead atoms. The van der Waals surface area contributed by atoms with Crippen molar-refractivity contribution in [3.8, 4) is 0 Å². The number of imide groups is 1. The second-order valence-corrected chi connectivity index (χ2v) is 6.67.